The summed E-state index contributed by atoms with van der Waals surface area (Å²) >= 11 is 0. The second-order valence-corrected chi connectivity index (χ2v) is 7.56. The first-order chi connectivity index (χ1) is 13.4. The molecule has 28 heavy (non-hydrogen) atoms. The van der Waals surface area contributed by atoms with Crippen molar-refractivity contribution in [1.82, 2.24) is 9.72 Å². The summed E-state index contributed by atoms with van der Waals surface area (Å²) in [5.41, 5.74) is 1.57. The highest BCUT2D eigenvalue weighted by molar-refractivity contribution is 5.89. The number of anilines is 1. The van der Waals surface area contributed by atoms with Gasteiger partial charge in [0.05, 0.1) is 30.1 Å². The molecule has 2 aromatic heterocycles. The number of aromatic carboxylic acids is 1. The van der Waals surface area contributed by atoms with Gasteiger partial charge in [-0.2, -0.15) is 0 Å². The Morgan fingerprint density at radius 1 is 1.43 bits per heavy atom. The number of hydrogen-bond acceptors (Lipinski definition) is 5. The first-order valence-corrected chi connectivity index (χ1v) is 9.55. The lowest BCUT2D eigenvalue weighted by Gasteiger charge is -2.36. The molecular weight excluding hydrogens is 365 g/mol. The fourth-order valence-electron chi connectivity index (χ4n) is 4.16. The van der Waals surface area contributed by atoms with Crippen molar-refractivity contribution in [1.29, 1.82) is 0 Å². The predicted molar refractivity (Wildman–Crippen MR) is 103 cm³/mol. The highest BCUT2D eigenvalue weighted by atomic mass is 19.1. The van der Waals surface area contributed by atoms with Crippen LogP contribution in [0.5, 0.6) is 0 Å². The average molecular weight is 389 g/mol. The van der Waals surface area contributed by atoms with Crippen LogP contribution in [0.15, 0.2) is 17.1 Å². The maximum atomic E-state index is 15.1. The van der Waals surface area contributed by atoms with Gasteiger partial charge >= 0.3 is 5.97 Å². The third-order valence-corrected chi connectivity index (χ3v) is 5.58. The Morgan fingerprint density at radius 2 is 2.18 bits per heavy atom. The van der Waals surface area contributed by atoms with Crippen LogP contribution in [0.3, 0.4) is 0 Å². The Balaban J connectivity index is 1.90. The summed E-state index contributed by atoms with van der Waals surface area (Å²) in [6.07, 6.45) is 2.98. The minimum absolute atomic E-state index is 0.0479. The van der Waals surface area contributed by atoms with E-state index in [9.17, 15) is 14.7 Å². The molecule has 2 aliphatic rings. The smallest absolute Gasteiger partial charge is 0.341 e. The number of carboxylic acids is 1. The fourth-order valence-corrected chi connectivity index (χ4v) is 4.16. The summed E-state index contributed by atoms with van der Waals surface area (Å²) in [4.78, 5) is 26.1. The molecule has 4 rings (SSSR count). The zero-order chi connectivity index (χ0) is 20.0. The number of pyridine rings is 2. The van der Waals surface area contributed by atoms with Gasteiger partial charge in [-0.25, -0.2) is 9.18 Å². The van der Waals surface area contributed by atoms with E-state index in [0.29, 0.717) is 43.0 Å². The van der Waals surface area contributed by atoms with E-state index in [1.165, 1.54) is 10.5 Å². The summed E-state index contributed by atoms with van der Waals surface area (Å²) in [6, 6.07) is 1.48. The lowest BCUT2D eigenvalue weighted by Crippen LogP contribution is -2.47. The number of hydrogen-bond donors (Lipinski definition) is 2. The van der Waals surface area contributed by atoms with Crippen LogP contribution in [0.1, 0.15) is 40.2 Å². The molecule has 2 fully saturated rings. The molecule has 0 amide bonds. The van der Waals surface area contributed by atoms with Gasteiger partial charge in [0.25, 0.3) is 5.56 Å². The van der Waals surface area contributed by atoms with Gasteiger partial charge in [-0.1, -0.05) is 0 Å². The van der Waals surface area contributed by atoms with Gasteiger partial charge in [-0.05, 0) is 49.9 Å². The third-order valence-electron chi connectivity index (χ3n) is 5.58. The lowest BCUT2D eigenvalue weighted by molar-refractivity contribution is 0.0419. The van der Waals surface area contributed by atoms with Crippen molar-refractivity contribution < 1.29 is 19.0 Å². The summed E-state index contributed by atoms with van der Waals surface area (Å²) in [5, 5.41) is 12.5. The van der Waals surface area contributed by atoms with Crippen LogP contribution in [0.4, 0.5) is 10.1 Å². The number of aromatic nitrogens is 1. The van der Waals surface area contributed by atoms with Crippen molar-refractivity contribution in [2.24, 2.45) is 0 Å². The van der Waals surface area contributed by atoms with E-state index in [2.05, 4.69) is 5.32 Å². The number of fused-ring (bicyclic) bond motifs is 1. The molecule has 2 N–H and O–H groups in total. The topological polar surface area (TPSA) is 83.3 Å². The number of nitrogens with zero attached hydrogens (tertiary/aromatic N) is 2. The van der Waals surface area contributed by atoms with Crippen molar-refractivity contribution in [3.8, 4) is 0 Å². The van der Waals surface area contributed by atoms with Gasteiger partial charge in [-0.15, -0.1) is 0 Å². The molecule has 1 unspecified atom stereocenters. The molecule has 1 aliphatic heterocycles. The van der Waals surface area contributed by atoms with Crippen LogP contribution in [0.25, 0.3) is 5.52 Å². The Hall–Kier alpha value is -2.45. The number of carboxylic acid groups (broad SMARTS) is 1. The molecule has 1 saturated carbocycles. The van der Waals surface area contributed by atoms with Crippen LogP contribution >= 0.6 is 0 Å². The second-order valence-electron chi connectivity index (χ2n) is 7.56. The molecule has 8 heteroatoms. The molecule has 0 aromatic carbocycles. The van der Waals surface area contributed by atoms with Crippen molar-refractivity contribution >= 4 is 17.2 Å². The standard InChI is InChI=1S/C20H24FN3O4/c1-11-17-14(12-3-4-12)7-15(20(26)27)19(25)24(17)10-16(21)18(11)23-5-6-28-13(9-23)8-22-2/h7,10,12-13,22H,3-6,8-9H2,1-2H3,(H,26,27). The molecule has 7 nitrogen and oxygen atoms in total. The van der Waals surface area contributed by atoms with E-state index < -0.39 is 17.3 Å². The first-order valence-electron chi connectivity index (χ1n) is 9.55. The monoisotopic (exact) mass is 389 g/mol. The largest absolute Gasteiger partial charge is 0.477 e. The van der Waals surface area contributed by atoms with E-state index >= 15 is 4.39 Å². The summed E-state index contributed by atoms with van der Waals surface area (Å²) in [5.74, 6) is -1.60. The van der Waals surface area contributed by atoms with E-state index in [0.717, 1.165) is 24.6 Å². The zero-order valence-corrected chi connectivity index (χ0v) is 16.0. The summed E-state index contributed by atoms with van der Waals surface area (Å²) < 4.78 is 22.0. The Labute approximate surface area is 161 Å². The molecule has 1 aliphatic carbocycles. The fraction of sp³-hybridized carbons (Fsp3) is 0.500. The third kappa shape index (κ3) is 3.16. The number of halogens is 1. The van der Waals surface area contributed by atoms with E-state index in [1.807, 2.05) is 18.9 Å². The number of ether oxygens (including phenoxy) is 1. The SMILES string of the molecule is CNCC1CN(c2c(F)cn3c(=O)c(C(=O)O)cc(C4CC4)c3c2C)CCO1. The second kappa shape index (κ2) is 7.18. The minimum atomic E-state index is -1.29. The van der Waals surface area contributed by atoms with Gasteiger partial charge < -0.3 is 20.1 Å². The van der Waals surface area contributed by atoms with Gasteiger partial charge in [0.15, 0.2) is 5.82 Å². The molecule has 0 spiro atoms. The number of aryl methyl sites for hydroxylation is 1. The average Bonchev–Trinajstić information content (AvgIpc) is 3.48. The van der Waals surface area contributed by atoms with Crippen LogP contribution in [0, 0.1) is 12.7 Å². The van der Waals surface area contributed by atoms with Crippen molar-refractivity contribution in [3.05, 3.63) is 45.1 Å². The number of nitrogens with one attached hydrogen (secondary N) is 1. The van der Waals surface area contributed by atoms with Crippen LogP contribution < -0.4 is 15.8 Å². The summed E-state index contributed by atoms with van der Waals surface area (Å²) in [6.45, 7) is 4.08. The van der Waals surface area contributed by atoms with Gasteiger partial charge in [0.1, 0.15) is 5.56 Å². The Kier molecular flexibility index (Phi) is 4.84. The van der Waals surface area contributed by atoms with Crippen LogP contribution in [-0.4, -0.2) is 54.9 Å². The molecule has 1 saturated heterocycles. The van der Waals surface area contributed by atoms with E-state index in [-0.39, 0.29) is 17.6 Å². The van der Waals surface area contributed by atoms with Crippen molar-refractivity contribution in [2.45, 2.75) is 31.8 Å². The van der Waals surface area contributed by atoms with Crippen molar-refractivity contribution in [2.75, 3.05) is 38.2 Å². The Bertz CT molecular complexity index is 997. The molecule has 0 radical (unpaired) electrons. The number of morpholine rings is 1. The highest BCUT2D eigenvalue weighted by Gasteiger charge is 2.31. The van der Waals surface area contributed by atoms with E-state index in [4.69, 9.17) is 4.74 Å². The lowest BCUT2D eigenvalue weighted by atomic mass is 10.0. The normalized spacial score (nSPS) is 20.0. The maximum absolute atomic E-state index is 15.1. The van der Waals surface area contributed by atoms with Gasteiger partial charge in [0, 0.05) is 19.6 Å². The van der Waals surface area contributed by atoms with Crippen LogP contribution in [0.2, 0.25) is 0 Å². The van der Waals surface area contributed by atoms with Crippen molar-refractivity contribution in [3.63, 3.8) is 0 Å². The maximum Gasteiger partial charge on any atom is 0.341 e. The molecular formula is C20H24FN3O4. The van der Waals surface area contributed by atoms with Gasteiger partial charge in [0.2, 0.25) is 0 Å². The zero-order valence-electron chi connectivity index (χ0n) is 16.0. The number of rotatable bonds is 5. The highest BCUT2D eigenvalue weighted by Crippen LogP contribution is 2.44. The quantitative estimate of drug-likeness (QED) is 0.811. The number of likely N-dealkylation sites (N-methyl/N-ethyl adjacent to an activating group) is 1. The van der Waals surface area contributed by atoms with Gasteiger partial charge in [-0.3, -0.25) is 9.20 Å². The number of carbonyl (C=O) groups is 1. The molecule has 3 heterocycles. The molecule has 150 valence electrons. The minimum Gasteiger partial charge on any atom is -0.477 e. The molecule has 1 atom stereocenters. The predicted octanol–water partition coefficient (Wildman–Crippen LogP) is 1.75. The van der Waals surface area contributed by atoms with E-state index in [1.54, 1.807) is 0 Å². The van der Waals surface area contributed by atoms with Crippen LogP contribution in [-0.2, 0) is 4.74 Å². The first kappa shape index (κ1) is 18.9. The summed E-state index contributed by atoms with van der Waals surface area (Å²) in [7, 11) is 1.85. The molecule has 0 bridgehead atoms. The Morgan fingerprint density at radius 3 is 2.82 bits per heavy atom. The molecule has 2 aromatic rings.